The van der Waals surface area contributed by atoms with E-state index in [1.165, 1.54) is 48.5 Å². The summed E-state index contributed by atoms with van der Waals surface area (Å²) < 4.78 is 63.7. The van der Waals surface area contributed by atoms with Crippen molar-refractivity contribution in [2.45, 2.75) is 24.4 Å². The van der Waals surface area contributed by atoms with Crippen molar-refractivity contribution in [2.24, 2.45) is 0 Å². The Bertz CT molecular complexity index is 1220. The maximum atomic E-state index is 13.3. The predicted octanol–water partition coefficient (Wildman–Crippen LogP) is 6.00. The molecule has 0 fully saturated rings. The minimum absolute atomic E-state index is 0.00900. The van der Waals surface area contributed by atoms with E-state index >= 15 is 0 Å². The monoisotopic (exact) mass is 481 g/mol. The summed E-state index contributed by atoms with van der Waals surface area (Å²) in [6.07, 6.45) is -4.54. The highest BCUT2D eigenvalue weighted by molar-refractivity contribution is 7.91. The highest BCUT2D eigenvalue weighted by Gasteiger charge is 2.33. The molecule has 0 unspecified atom stereocenters. The Morgan fingerprint density at radius 1 is 0.969 bits per heavy atom. The summed E-state index contributed by atoms with van der Waals surface area (Å²) in [4.78, 5) is 12.5. The van der Waals surface area contributed by atoms with E-state index in [1.54, 1.807) is 19.1 Å². The number of rotatable bonds is 6. The van der Waals surface area contributed by atoms with Crippen molar-refractivity contribution in [1.82, 2.24) is 0 Å². The van der Waals surface area contributed by atoms with Gasteiger partial charge in [-0.15, -0.1) is 0 Å². The number of hydrogen-bond acceptors (Lipinski definition) is 3. The van der Waals surface area contributed by atoms with Crippen molar-refractivity contribution in [3.05, 3.63) is 82.9 Å². The molecule has 1 amide bonds. The summed E-state index contributed by atoms with van der Waals surface area (Å²) in [5, 5.41) is 2.67. The number of hydrogen-bond donors (Lipinski definition) is 1. The second-order valence-electron chi connectivity index (χ2n) is 7.04. The molecule has 0 heterocycles. The molecule has 3 aromatic rings. The number of halogens is 4. The molecule has 0 saturated carbocycles. The van der Waals surface area contributed by atoms with E-state index in [1.807, 2.05) is 0 Å². The lowest BCUT2D eigenvalue weighted by Crippen LogP contribution is -2.14. The first kappa shape index (κ1) is 23.8. The van der Waals surface area contributed by atoms with Gasteiger partial charge in [0, 0.05) is 10.7 Å². The van der Waals surface area contributed by atoms with Crippen molar-refractivity contribution in [1.29, 1.82) is 0 Å². The maximum absolute atomic E-state index is 13.3. The van der Waals surface area contributed by atoms with E-state index in [0.717, 1.165) is 6.07 Å². The van der Waals surface area contributed by atoms with E-state index in [4.69, 9.17) is 11.6 Å². The minimum Gasteiger partial charge on any atom is -0.326 e. The number of anilines is 1. The van der Waals surface area contributed by atoms with Gasteiger partial charge in [-0.05, 0) is 53.1 Å². The summed E-state index contributed by atoms with van der Waals surface area (Å²) in [6.45, 7) is 1.55. The number of alkyl halides is 3. The molecular weight excluding hydrogens is 463 g/mol. The topological polar surface area (TPSA) is 63.2 Å². The van der Waals surface area contributed by atoms with Crippen molar-refractivity contribution in [3.63, 3.8) is 0 Å². The molecule has 32 heavy (non-hydrogen) atoms. The van der Waals surface area contributed by atoms with Crippen LogP contribution in [0.5, 0.6) is 0 Å². The fraction of sp³-hybridized carbons (Fsp3) is 0.174. The van der Waals surface area contributed by atoms with Gasteiger partial charge in [0.05, 0.1) is 22.6 Å². The third kappa shape index (κ3) is 5.69. The Kier molecular flexibility index (Phi) is 6.95. The van der Waals surface area contributed by atoms with Crippen LogP contribution >= 0.6 is 11.6 Å². The lowest BCUT2D eigenvalue weighted by Gasteiger charge is -2.14. The van der Waals surface area contributed by atoms with Crippen molar-refractivity contribution >= 4 is 33.0 Å². The summed E-state index contributed by atoms with van der Waals surface area (Å²) in [5.74, 6) is -0.352. The van der Waals surface area contributed by atoms with Gasteiger partial charge in [0.1, 0.15) is 0 Å². The molecule has 0 radical (unpaired) electrons. The number of carbonyl (C=O) groups excluding carboxylic acids is 1. The van der Waals surface area contributed by atoms with Crippen LogP contribution in [0.25, 0.3) is 11.1 Å². The van der Waals surface area contributed by atoms with E-state index in [2.05, 4.69) is 5.32 Å². The number of nitrogens with one attached hydrogen (secondary N) is 1. The molecule has 1 N–H and O–H groups in total. The van der Waals surface area contributed by atoms with Gasteiger partial charge in [0.2, 0.25) is 5.91 Å². The molecule has 9 heteroatoms. The lowest BCUT2D eigenvalue weighted by molar-refractivity contribution is -0.137. The fourth-order valence-electron chi connectivity index (χ4n) is 3.11. The van der Waals surface area contributed by atoms with Gasteiger partial charge < -0.3 is 5.32 Å². The summed E-state index contributed by atoms with van der Waals surface area (Å²) >= 11 is 5.72. The first-order valence-electron chi connectivity index (χ1n) is 9.58. The van der Waals surface area contributed by atoms with Gasteiger partial charge in [0.15, 0.2) is 9.84 Å². The molecule has 0 spiro atoms. The molecular formula is C23H19ClF3NO3S. The lowest BCUT2D eigenvalue weighted by atomic mass is 9.99. The van der Waals surface area contributed by atoms with Crippen LogP contribution in [0.4, 0.5) is 18.9 Å². The van der Waals surface area contributed by atoms with Crippen LogP contribution in [0.2, 0.25) is 5.02 Å². The van der Waals surface area contributed by atoms with E-state index in [9.17, 15) is 26.4 Å². The Morgan fingerprint density at radius 3 is 2.16 bits per heavy atom. The van der Waals surface area contributed by atoms with E-state index < -0.39 is 21.6 Å². The van der Waals surface area contributed by atoms with Crippen LogP contribution in [0.3, 0.4) is 0 Å². The Morgan fingerprint density at radius 2 is 1.59 bits per heavy atom. The quantitative estimate of drug-likeness (QED) is 0.469. The highest BCUT2D eigenvalue weighted by atomic mass is 35.5. The second-order valence-corrected chi connectivity index (χ2v) is 9.75. The zero-order valence-electron chi connectivity index (χ0n) is 16.9. The van der Waals surface area contributed by atoms with Crippen molar-refractivity contribution in [2.75, 3.05) is 11.1 Å². The minimum atomic E-state index is -4.56. The van der Waals surface area contributed by atoms with Crippen LogP contribution in [0.1, 0.15) is 18.1 Å². The zero-order chi connectivity index (χ0) is 23.5. The van der Waals surface area contributed by atoms with Gasteiger partial charge in [-0.2, -0.15) is 13.2 Å². The third-order valence-electron chi connectivity index (χ3n) is 4.79. The van der Waals surface area contributed by atoms with Crippen LogP contribution in [0, 0.1) is 0 Å². The Labute approximate surface area is 189 Å². The Hall–Kier alpha value is -2.84. The standard InChI is InChI=1S/C23H19ClF3NO3S/c1-2-32(30,31)19-10-3-15(4-11-19)13-22(29)28-18-8-5-16(6-9-18)20-12-7-17(24)14-21(20)23(25,26)27/h3-12,14H,2,13H2,1H3,(H,28,29). The number of sulfone groups is 1. The van der Waals surface area contributed by atoms with Crippen LogP contribution in [-0.2, 0) is 27.2 Å². The number of amides is 1. The van der Waals surface area contributed by atoms with E-state index in [-0.39, 0.29) is 33.6 Å². The SMILES string of the molecule is CCS(=O)(=O)c1ccc(CC(=O)Nc2ccc(-c3ccc(Cl)cc3C(F)(F)F)cc2)cc1. The average molecular weight is 482 g/mol. The third-order valence-corrected chi connectivity index (χ3v) is 6.78. The summed E-state index contributed by atoms with van der Waals surface area (Å²) in [5.41, 5.74) is 0.536. The summed E-state index contributed by atoms with van der Waals surface area (Å²) in [7, 11) is -3.31. The molecule has 0 aliphatic carbocycles. The molecule has 0 atom stereocenters. The molecule has 3 rings (SSSR count). The van der Waals surface area contributed by atoms with Gasteiger partial charge in [-0.3, -0.25) is 4.79 Å². The molecule has 0 aliphatic rings. The first-order valence-corrected chi connectivity index (χ1v) is 11.6. The zero-order valence-corrected chi connectivity index (χ0v) is 18.5. The first-order chi connectivity index (χ1) is 15.0. The fourth-order valence-corrected chi connectivity index (χ4v) is 4.16. The largest absolute Gasteiger partial charge is 0.417 e. The normalized spacial score (nSPS) is 11.9. The van der Waals surface area contributed by atoms with Gasteiger partial charge >= 0.3 is 6.18 Å². The molecule has 0 bridgehead atoms. The molecule has 0 saturated heterocycles. The number of carbonyl (C=O) groups is 1. The molecule has 3 aromatic carbocycles. The molecule has 168 valence electrons. The van der Waals surface area contributed by atoms with Gasteiger partial charge in [-0.1, -0.05) is 48.9 Å². The molecule has 4 nitrogen and oxygen atoms in total. The van der Waals surface area contributed by atoms with Crippen LogP contribution in [0.15, 0.2) is 71.6 Å². The second kappa shape index (κ2) is 9.34. The maximum Gasteiger partial charge on any atom is 0.417 e. The van der Waals surface area contributed by atoms with Crippen LogP contribution < -0.4 is 5.32 Å². The number of benzene rings is 3. The summed E-state index contributed by atoms with van der Waals surface area (Å²) in [6, 6.07) is 15.6. The Balaban J connectivity index is 1.71. The molecule has 0 aromatic heterocycles. The van der Waals surface area contributed by atoms with Crippen molar-refractivity contribution in [3.8, 4) is 11.1 Å². The van der Waals surface area contributed by atoms with E-state index in [0.29, 0.717) is 16.8 Å². The van der Waals surface area contributed by atoms with Crippen LogP contribution in [-0.4, -0.2) is 20.1 Å². The predicted molar refractivity (Wildman–Crippen MR) is 118 cm³/mol. The average Bonchev–Trinajstić information content (AvgIpc) is 2.74. The van der Waals surface area contributed by atoms with Gasteiger partial charge in [0.25, 0.3) is 0 Å². The van der Waals surface area contributed by atoms with Gasteiger partial charge in [-0.25, -0.2) is 8.42 Å². The smallest absolute Gasteiger partial charge is 0.326 e. The highest BCUT2D eigenvalue weighted by Crippen LogP contribution is 2.38. The molecule has 0 aliphatic heterocycles. The van der Waals surface area contributed by atoms with Crippen molar-refractivity contribution < 1.29 is 26.4 Å².